The fourth-order valence-corrected chi connectivity index (χ4v) is 13.3. The van der Waals surface area contributed by atoms with Gasteiger partial charge in [-0.25, -0.2) is 4.79 Å². The predicted molar refractivity (Wildman–Crippen MR) is 198 cm³/mol. The van der Waals surface area contributed by atoms with Crippen LogP contribution in [-0.2, 0) is 14.4 Å². The van der Waals surface area contributed by atoms with Crippen LogP contribution in [0.4, 0.5) is 0 Å². The number of ketones is 2. The number of carbonyl (C=O) groups is 3. The smallest absolute Gasteiger partial charge is 0.334 e. The minimum atomic E-state index is -1.67. The molecule has 8 nitrogen and oxygen atoms in total. The van der Waals surface area contributed by atoms with Crippen LogP contribution in [0.2, 0.25) is 0 Å². The van der Waals surface area contributed by atoms with E-state index in [1.54, 1.807) is 12.2 Å². The molecule has 8 heteroatoms. The largest absolute Gasteiger partial charge is 0.509 e. The molecule has 0 amide bonds. The van der Waals surface area contributed by atoms with Crippen LogP contribution in [0, 0.1) is 51.2 Å². The Balaban J connectivity index is 1.47. The zero-order valence-electron chi connectivity index (χ0n) is 31.5. The molecule has 1 aromatic rings. The molecular formula is C44H56O8. The van der Waals surface area contributed by atoms with Crippen molar-refractivity contribution >= 4 is 23.6 Å². The van der Waals surface area contributed by atoms with Crippen molar-refractivity contribution in [1.29, 1.82) is 0 Å². The topological polar surface area (TPSA) is 152 Å². The first-order valence-corrected chi connectivity index (χ1v) is 19.3. The molecule has 1 aromatic carbocycles. The van der Waals surface area contributed by atoms with E-state index in [0.29, 0.717) is 30.4 Å². The average Bonchev–Trinajstić information content (AvgIpc) is 3.71. The molecule has 0 unspecified atom stereocenters. The molecule has 0 spiro atoms. The maximum Gasteiger partial charge on any atom is 0.334 e. The van der Waals surface area contributed by atoms with Gasteiger partial charge in [0, 0.05) is 40.6 Å². The van der Waals surface area contributed by atoms with Gasteiger partial charge in [0.05, 0.1) is 11.2 Å². The molecule has 3 fully saturated rings. The number of allylic oxidation sites excluding steroid dienone is 1. The van der Waals surface area contributed by atoms with E-state index in [1.807, 2.05) is 63.3 Å². The maximum atomic E-state index is 15.4. The summed E-state index contributed by atoms with van der Waals surface area (Å²) in [4.78, 5) is 40.8. The Morgan fingerprint density at radius 1 is 1.00 bits per heavy atom. The molecule has 280 valence electrons. The minimum Gasteiger partial charge on any atom is -0.509 e. The van der Waals surface area contributed by atoms with E-state index in [4.69, 9.17) is 0 Å². The van der Waals surface area contributed by atoms with Gasteiger partial charge in [-0.05, 0) is 85.3 Å². The first-order valence-electron chi connectivity index (χ1n) is 19.3. The number of benzene rings is 1. The highest BCUT2D eigenvalue weighted by atomic mass is 16.4. The van der Waals surface area contributed by atoms with Crippen LogP contribution in [0.5, 0.6) is 0 Å². The second-order valence-corrected chi connectivity index (χ2v) is 18.3. The van der Waals surface area contributed by atoms with Crippen molar-refractivity contribution in [2.45, 2.75) is 117 Å². The van der Waals surface area contributed by atoms with E-state index < -0.39 is 62.5 Å². The van der Waals surface area contributed by atoms with Crippen molar-refractivity contribution in [3.05, 3.63) is 76.6 Å². The van der Waals surface area contributed by atoms with E-state index in [-0.39, 0.29) is 47.7 Å². The van der Waals surface area contributed by atoms with Gasteiger partial charge in [0.25, 0.3) is 0 Å². The summed E-state index contributed by atoms with van der Waals surface area (Å²) in [7, 11) is 0. The van der Waals surface area contributed by atoms with Gasteiger partial charge < -0.3 is 25.5 Å². The van der Waals surface area contributed by atoms with Crippen LogP contribution in [0.15, 0.2) is 71.0 Å². The minimum absolute atomic E-state index is 0.0253. The third-order valence-corrected chi connectivity index (χ3v) is 15.7. The first kappa shape index (κ1) is 37.0. The first-order chi connectivity index (χ1) is 24.3. The maximum absolute atomic E-state index is 15.4. The number of aliphatic carboxylic acids is 1. The van der Waals surface area contributed by atoms with Gasteiger partial charge in [-0.2, -0.15) is 0 Å². The Bertz CT molecular complexity index is 1810. The summed E-state index contributed by atoms with van der Waals surface area (Å²) in [5, 5.41) is 58.2. The molecule has 0 bridgehead atoms. The van der Waals surface area contributed by atoms with Gasteiger partial charge in [0.1, 0.15) is 23.2 Å². The van der Waals surface area contributed by atoms with Crippen molar-refractivity contribution in [3.8, 4) is 0 Å². The SMILES string of the molecule is C/C(C(=O)O)=C(/O)[C@@H](O)C[C@@H](C)[C@H]1C[C@@]2(O)C=C[C@]3(O)C4=C(C(=O)C[C@@]1(C1CCCC1)[C@]42C)[C@@]1(C)CCC(=O)C(C)(C)[C@H]1[C@H]3/C=C/c1ccccc1. The van der Waals surface area contributed by atoms with Gasteiger partial charge >= 0.3 is 5.97 Å². The van der Waals surface area contributed by atoms with Crippen LogP contribution in [0.3, 0.4) is 0 Å². The number of aliphatic hydroxyl groups excluding tert-OH is 2. The van der Waals surface area contributed by atoms with Crippen LogP contribution in [0.25, 0.3) is 6.08 Å². The Morgan fingerprint density at radius 2 is 1.65 bits per heavy atom. The normalized spacial score (nSPS) is 41.1. The number of Topliss-reactive ketones (excluding diaryl/α,β-unsaturated/α-hetero) is 2. The van der Waals surface area contributed by atoms with Gasteiger partial charge in [-0.3, -0.25) is 9.59 Å². The van der Waals surface area contributed by atoms with Gasteiger partial charge in [-0.15, -0.1) is 0 Å². The molecule has 0 radical (unpaired) electrons. The lowest BCUT2D eigenvalue weighted by Gasteiger charge is -2.69. The molecule has 0 aromatic heterocycles. The van der Waals surface area contributed by atoms with Crippen molar-refractivity contribution in [1.82, 2.24) is 0 Å². The molecule has 0 saturated heterocycles. The third kappa shape index (κ3) is 4.72. The summed E-state index contributed by atoms with van der Waals surface area (Å²) in [5.74, 6) is -3.34. The number of rotatable bonds is 8. The fourth-order valence-electron chi connectivity index (χ4n) is 13.3. The monoisotopic (exact) mass is 712 g/mol. The number of fused-ring (bicyclic) bond motifs is 2. The standard InChI is InChI=1S/C44H56O8/c1-25(22-31(45)35(48)26(2)38(49)50)30-23-42(51)20-21-44(52)29(17-16-27-12-8-7-9-13-27)36-39(3,4)33(47)18-19-40(36,5)34-32(46)24-43(30,28-14-10-11-15-28)41(42,6)37(34)44/h7-9,12-13,16-17,20-21,25,28-31,36,45,48,51-52H,10-11,14-15,18-19,22-24H2,1-6H3,(H,49,50)/b17-16+,35-26-/t25-,29-,30-,31+,36-,40-,41-,42+,43+,44-/m1/s1. The van der Waals surface area contributed by atoms with Crippen LogP contribution in [-0.4, -0.2) is 60.4 Å². The van der Waals surface area contributed by atoms with Gasteiger partial charge in [0.15, 0.2) is 5.78 Å². The fraction of sp³-hybridized carbons (Fsp3) is 0.614. The van der Waals surface area contributed by atoms with Crippen molar-refractivity contribution in [3.63, 3.8) is 0 Å². The lowest BCUT2D eigenvalue weighted by Crippen LogP contribution is -2.70. The summed E-state index contributed by atoms with van der Waals surface area (Å²) in [5.41, 5.74) is -4.71. The molecule has 3 saturated carbocycles. The Labute approximate surface area is 307 Å². The number of carbonyl (C=O) groups excluding carboxylic acids is 2. The molecule has 0 heterocycles. The summed E-state index contributed by atoms with van der Waals surface area (Å²) >= 11 is 0. The zero-order chi connectivity index (χ0) is 37.8. The van der Waals surface area contributed by atoms with E-state index in [9.17, 15) is 35.1 Å². The van der Waals surface area contributed by atoms with Crippen LogP contribution in [0.1, 0.15) is 105 Å². The van der Waals surface area contributed by atoms with Gasteiger partial charge in [-0.1, -0.05) is 96.0 Å². The average molecular weight is 713 g/mol. The predicted octanol–water partition coefficient (Wildman–Crippen LogP) is 7.15. The second kappa shape index (κ2) is 12.1. The number of aliphatic hydroxyl groups is 4. The van der Waals surface area contributed by atoms with E-state index in [0.717, 1.165) is 31.2 Å². The van der Waals surface area contributed by atoms with Crippen molar-refractivity contribution in [2.24, 2.45) is 51.2 Å². The molecule has 6 aliphatic rings. The van der Waals surface area contributed by atoms with Crippen LogP contribution >= 0.6 is 0 Å². The van der Waals surface area contributed by atoms with E-state index >= 15 is 4.79 Å². The Morgan fingerprint density at radius 3 is 2.29 bits per heavy atom. The summed E-state index contributed by atoms with van der Waals surface area (Å²) < 4.78 is 0. The van der Waals surface area contributed by atoms with Crippen molar-refractivity contribution < 1.29 is 39.9 Å². The lowest BCUT2D eigenvalue weighted by molar-refractivity contribution is -0.169. The molecule has 52 heavy (non-hydrogen) atoms. The second-order valence-electron chi connectivity index (χ2n) is 18.3. The number of hydrogen-bond donors (Lipinski definition) is 5. The van der Waals surface area contributed by atoms with E-state index in [2.05, 4.69) is 13.8 Å². The lowest BCUT2D eigenvalue weighted by atomic mass is 9.35. The molecule has 5 N–H and O–H groups in total. The zero-order valence-corrected chi connectivity index (χ0v) is 31.5. The van der Waals surface area contributed by atoms with Crippen molar-refractivity contribution in [2.75, 3.05) is 0 Å². The quantitative estimate of drug-likeness (QED) is 0.108. The summed E-state index contributed by atoms with van der Waals surface area (Å²) in [6, 6.07) is 9.87. The molecule has 0 aliphatic heterocycles. The Kier molecular flexibility index (Phi) is 8.60. The summed E-state index contributed by atoms with van der Waals surface area (Å²) in [6.45, 7) is 11.4. The highest BCUT2D eigenvalue weighted by Crippen LogP contribution is 2.80. The summed E-state index contributed by atoms with van der Waals surface area (Å²) in [6.07, 6.45) is 11.2. The number of carboxylic acid groups (broad SMARTS) is 1. The Hall–Kier alpha value is -3.33. The number of carboxylic acids is 1. The number of hydrogen-bond acceptors (Lipinski definition) is 7. The molecule has 10 atom stereocenters. The highest BCUT2D eigenvalue weighted by molar-refractivity contribution is 6.02. The highest BCUT2D eigenvalue weighted by Gasteiger charge is 2.80. The molecular weight excluding hydrogens is 656 g/mol. The van der Waals surface area contributed by atoms with Crippen LogP contribution < -0.4 is 0 Å². The molecule has 6 aliphatic carbocycles. The molecule has 7 rings (SSSR count). The van der Waals surface area contributed by atoms with E-state index in [1.165, 1.54) is 6.92 Å². The van der Waals surface area contributed by atoms with Gasteiger partial charge in [0.2, 0.25) is 0 Å². The third-order valence-electron chi connectivity index (χ3n) is 15.7.